The van der Waals surface area contributed by atoms with Crippen molar-refractivity contribution in [3.63, 3.8) is 0 Å². The van der Waals surface area contributed by atoms with Crippen molar-refractivity contribution in [2.24, 2.45) is 0 Å². The van der Waals surface area contributed by atoms with E-state index in [1.807, 2.05) is 49.4 Å². The minimum atomic E-state index is -0.361. The highest BCUT2D eigenvalue weighted by molar-refractivity contribution is 5.95. The van der Waals surface area contributed by atoms with Crippen molar-refractivity contribution >= 4 is 11.6 Å². The van der Waals surface area contributed by atoms with Gasteiger partial charge >= 0.3 is 0 Å². The van der Waals surface area contributed by atoms with Gasteiger partial charge in [0.25, 0.3) is 0 Å². The summed E-state index contributed by atoms with van der Waals surface area (Å²) in [7, 11) is 0. The lowest BCUT2D eigenvalue weighted by Crippen LogP contribution is -2.43. The number of likely N-dealkylation sites (tertiary alicyclic amines) is 1. The fourth-order valence-electron chi connectivity index (χ4n) is 3.06. The Morgan fingerprint density at radius 3 is 2.54 bits per heavy atom. The van der Waals surface area contributed by atoms with E-state index in [4.69, 9.17) is 0 Å². The second-order valence-corrected chi connectivity index (χ2v) is 6.26. The SMILES string of the molecule is Cc1ccc(NC(=O)C(c2ccccc2)N2CCC(O)CC2)cn1. The quantitative estimate of drug-likeness (QED) is 0.906. The van der Waals surface area contributed by atoms with Crippen LogP contribution in [-0.2, 0) is 4.79 Å². The lowest BCUT2D eigenvalue weighted by Gasteiger charge is -2.35. The number of piperidine rings is 1. The number of amides is 1. The second-order valence-electron chi connectivity index (χ2n) is 6.26. The molecule has 2 N–H and O–H groups in total. The Morgan fingerprint density at radius 2 is 1.92 bits per heavy atom. The largest absolute Gasteiger partial charge is 0.393 e. The Morgan fingerprint density at radius 1 is 1.21 bits per heavy atom. The van der Waals surface area contributed by atoms with Gasteiger partial charge in [-0.15, -0.1) is 0 Å². The van der Waals surface area contributed by atoms with Gasteiger partial charge in [0.1, 0.15) is 6.04 Å². The summed E-state index contributed by atoms with van der Waals surface area (Å²) in [6.07, 6.45) is 2.81. The molecular formula is C19H23N3O2. The molecule has 3 rings (SSSR count). The molecule has 1 aliphatic heterocycles. The Labute approximate surface area is 142 Å². The molecule has 0 bridgehead atoms. The third-order valence-electron chi connectivity index (χ3n) is 4.41. The molecule has 1 atom stereocenters. The van der Waals surface area contributed by atoms with Crippen molar-refractivity contribution < 1.29 is 9.90 Å². The van der Waals surface area contributed by atoms with Gasteiger partial charge in [-0.05, 0) is 37.5 Å². The van der Waals surface area contributed by atoms with Crippen molar-refractivity contribution in [2.45, 2.75) is 31.9 Å². The van der Waals surface area contributed by atoms with Crippen LogP contribution in [0.1, 0.15) is 30.1 Å². The van der Waals surface area contributed by atoms with E-state index in [-0.39, 0.29) is 18.1 Å². The smallest absolute Gasteiger partial charge is 0.246 e. The Hall–Kier alpha value is -2.24. The number of pyridine rings is 1. The molecule has 0 radical (unpaired) electrons. The van der Waals surface area contributed by atoms with Gasteiger partial charge in [0.05, 0.1) is 18.0 Å². The molecule has 24 heavy (non-hydrogen) atoms. The second kappa shape index (κ2) is 7.55. The van der Waals surface area contributed by atoms with E-state index < -0.39 is 0 Å². The number of aliphatic hydroxyl groups is 1. The Kier molecular flexibility index (Phi) is 5.23. The zero-order valence-corrected chi connectivity index (χ0v) is 13.9. The summed E-state index contributed by atoms with van der Waals surface area (Å²) in [5, 5.41) is 12.7. The van der Waals surface area contributed by atoms with Crippen molar-refractivity contribution in [3.8, 4) is 0 Å². The molecule has 1 amide bonds. The fourth-order valence-corrected chi connectivity index (χ4v) is 3.06. The minimum absolute atomic E-state index is 0.0664. The number of nitrogens with zero attached hydrogens (tertiary/aromatic N) is 2. The normalized spacial score (nSPS) is 17.4. The maximum Gasteiger partial charge on any atom is 0.246 e. The highest BCUT2D eigenvalue weighted by Gasteiger charge is 2.30. The molecule has 0 spiro atoms. The number of nitrogens with one attached hydrogen (secondary N) is 1. The van der Waals surface area contributed by atoms with Crippen molar-refractivity contribution in [1.29, 1.82) is 0 Å². The number of rotatable bonds is 4. The average Bonchev–Trinajstić information content (AvgIpc) is 2.60. The zero-order chi connectivity index (χ0) is 16.9. The highest BCUT2D eigenvalue weighted by atomic mass is 16.3. The molecular weight excluding hydrogens is 302 g/mol. The fraction of sp³-hybridized carbons (Fsp3) is 0.368. The molecule has 1 saturated heterocycles. The number of aryl methyl sites for hydroxylation is 1. The topological polar surface area (TPSA) is 65.5 Å². The predicted molar refractivity (Wildman–Crippen MR) is 93.6 cm³/mol. The van der Waals surface area contributed by atoms with Crippen LogP contribution in [0.2, 0.25) is 0 Å². The first kappa shape index (κ1) is 16.6. The number of aliphatic hydroxyl groups excluding tert-OH is 1. The maximum atomic E-state index is 12.9. The minimum Gasteiger partial charge on any atom is -0.393 e. The first-order valence-electron chi connectivity index (χ1n) is 8.34. The number of hydrogen-bond donors (Lipinski definition) is 2. The molecule has 5 heteroatoms. The predicted octanol–water partition coefficient (Wildman–Crippen LogP) is 2.53. The lowest BCUT2D eigenvalue weighted by atomic mass is 10.00. The molecule has 1 aromatic heterocycles. The molecule has 5 nitrogen and oxygen atoms in total. The summed E-state index contributed by atoms with van der Waals surface area (Å²) in [6, 6.07) is 13.2. The van der Waals surface area contributed by atoms with Crippen LogP contribution in [0.5, 0.6) is 0 Å². The summed E-state index contributed by atoms with van der Waals surface area (Å²) in [6.45, 7) is 3.33. The van der Waals surface area contributed by atoms with Gasteiger partial charge in [-0.3, -0.25) is 14.7 Å². The molecule has 1 aliphatic rings. The van der Waals surface area contributed by atoms with Gasteiger partial charge in [0, 0.05) is 18.8 Å². The third-order valence-corrected chi connectivity index (χ3v) is 4.41. The Balaban J connectivity index is 1.81. The zero-order valence-electron chi connectivity index (χ0n) is 13.9. The average molecular weight is 325 g/mol. The maximum absolute atomic E-state index is 12.9. The number of anilines is 1. The number of hydrogen-bond acceptors (Lipinski definition) is 4. The number of benzene rings is 1. The van der Waals surface area contributed by atoms with E-state index in [0.29, 0.717) is 31.6 Å². The van der Waals surface area contributed by atoms with E-state index in [2.05, 4.69) is 15.2 Å². The van der Waals surface area contributed by atoms with Gasteiger partial charge in [0.15, 0.2) is 0 Å². The van der Waals surface area contributed by atoms with Gasteiger partial charge in [0.2, 0.25) is 5.91 Å². The van der Waals surface area contributed by atoms with E-state index in [0.717, 1.165) is 11.3 Å². The summed E-state index contributed by atoms with van der Waals surface area (Å²) in [5.41, 5.74) is 2.58. The van der Waals surface area contributed by atoms with Crippen molar-refractivity contribution in [1.82, 2.24) is 9.88 Å². The first-order chi connectivity index (χ1) is 11.6. The number of carbonyl (C=O) groups excluding carboxylic acids is 1. The monoisotopic (exact) mass is 325 g/mol. The van der Waals surface area contributed by atoms with E-state index in [1.165, 1.54) is 0 Å². The molecule has 1 unspecified atom stereocenters. The molecule has 2 heterocycles. The standard InChI is InChI=1S/C19H23N3O2/c1-14-7-8-16(13-20-14)21-19(24)18(15-5-3-2-4-6-15)22-11-9-17(23)10-12-22/h2-8,13,17-18,23H,9-12H2,1H3,(H,21,24). The van der Waals surface area contributed by atoms with E-state index in [9.17, 15) is 9.90 Å². The lowest BCUT2D eigenvalue weighted by molar-refractivity contribution is -0.122. The van der Waals surface area contributed by atoms with Crippen LogP contribution in [0.15, 0.2) is 48.7 Å². The first-order valence-corrected chi connectivity index (χ1v) is 8.34. The van der Waals surface area contributed by atoms with Crippen LogP contribution >= 0.6 is 0 Å². The summed E-state index contributed by atoms with van der Waals surface area (Å²) < 4.78 is 0. The summed E-state index contributed by atoms with van der Waals surface area (Å²) >= 11 is 0. The van der Waals surface area contributed by atoms with Gasteiger partial charge in [-0.2, -0.15) is 0 Å². The Bertz CT molecular complexity index is 665. The van der Waals surface area contributed by atoms with Crippen molar-refractivity contribution in [3.05, 3.63) is 59.9 Å². The molecule has 1 aromatic carbocycles. The summed E-state index contributed by atoms with van der Waals surface area (Å²) in [4.78, 5) is 19.3. The highest BCUT2D eigenvalue weighted by Crippen LogP contribution is 2.26. The molecule has 1 fully saturated rings. The van der Waals surface area contributed by atoms with Crippen LogP contribution < -0.4 is 5.32 Å². The van der Waals surface area contributed by atoms with E-state index >= 15 is 0 Å². The molecule has 126 valence electrons. The molecule has 0 saturated carbocycles. The van der Waals surface area contributed by atoms with Crippen LogP contribution in [0.25, 0.3) is 0 Å². The van der Waals surface area contributed by atoms with Gasteiger partial charge in [-0.1, -0.05) is 30.3 Å². The summed E-state index contributed by atoms with van der Waals surface area (Å²) in [5.74, 6) is -0.0664. The van der Waals surface area contributed by atoms with Crippen LogP contribution in [-0.4, -0.2) is 40.1 Å². The third kappa shape index (κ3) is 3.99. The van der Waals surface area contributed by atoms with Crippen LogP contribution in [0.4, 0.5) is 5.69 Å². The number of carbonyl (C=O) groups is 1. The van der Waals surface area contributed by atoms with Crippen molar-refractivity contribution in [2.75, 3.05) is 18.4 Å². The molecule has 0 aliphatic carbocycles. The van der Waals surface area contributed by atoms with Crippen LogP contribution in [0, 0.1) is 6.92 Å². The van der Waals surface area contributed by atoms with Gasteiger partial charge < -0.3 is 10.4 Å². The number of aromatic nitrogens is 1. The van der Waals surface area contributed by atoms with Crippen LogP contribution in [0.3, 0.4) is 0 Å². The van der Waals surface area contributed by atoms with Gasteiger partial charge in [-0.25, -0.2) is 0 Å². The van der Waals surface area contributed by atoms with E-state index in [1.54, 1.807) is 6.20 Å². The molecule has 2 aromatic rings.